The zero-order valence-electron chi connectivity index (χ0n) is 20.9. The number of imide groups is 1. The number of nitrogens with one attached hydrogen (secondary N) is 2. The molecule has 2 aromatic carbocycles. The van der Waals surface area contributed by atoms with Gasteiger partial charge in [0, 0.05) is 5.69 Å². The maximum atomic E-state index is 12.8. The second-order valence-electron chi connectivity index (χ2n) is 8.20. The predicted octanol–water partition coefficient (Wildman–Crippen LogP) is 3.49. The number of amides is 4. The van der Waals surface area contributed by atoms with E-state index in [2.05, 4.69) is 15.4 Å². The average molecular weight is 520 g/mol. The lowest BCUT2D eigenvalue weighted by atomic mass is 10.1. The van der Waals surface area contributed by atoms with Gasteiger partial charge < -0.3 is 29.3 Å². The first-order valence-corrected chi connectivity index (χ1v) is 11.5. The van der Waals surface area contributed by atoms with Crippen molar-refractivity contribution in [1.82, 2.24) is 10.2 Å². The molecule has 1 saturated heterocycles. The fourth-order valence-corrected chi connectivity index (χ4v) is 3.65. The number of rotatable bonds is 9. The van der Waals surface area contributed by atoms with Gasteiger partial charge in [-0.3, -0.25) is 14.5 Å². The number of urea groups is 1. The number of esters is 1. The highest BCUT2D eigenvalue weighted by molar-refractivity contribution is 6.13. The first-order chi connectivity index (χ1) is 18.3. The summed E-state index contributed by atoms with van der Waals surface area (Å²) in [6.07, 6.45) is 1.49. The first-order valence-electron chi connectivity index (χ1n) is 11.5. The van der Waals surface area contributed by atoms with Gasteiger partial charge in [0.05, 0.1) is 20.8 Å². The second kappa shape index (κ2) is 11.3. The number of ether oxygens (including phenoxy) is 3. The number of benzene rings is 2. The molecule has 1 aliphatic heterocycles. The Bertz CT molecular complexity index is 1430. The summed E-state index contributed by atoms with van der Waals surface area (Å²) in [6, 6.07) is 14.5. The van der Waals surface area contributed by atoms with Crippen molar-refractivity contribution in [2.45, 2.75) is 13.5 Å². The summed E-state index contributed by atoms with van der Waals surface area (Å²) in [5.41, 5.74) is 2.22. The normalized spacial score (nSPS) is 13.9. The van der Waals surface area contributed by atoms with Crippen LogP contribution >= 0.6 is 0 Å². The largest absolute Gasteiger partial charge is 0.493 e. The molecule has 1 aliphatic rings. The van der Waals surface area contributed by atoms with Gasteiger partial charge in [0.25, 0.3) is 11.8 Å². The summed E-state index contributed by atoms with van der Waals surface area (Å²) in [7, 11) is 2.67. The lowest BCUT2D eigenvalue weighted by Gasteiger charge is -2.12. The van der Waals surface area contributed by atoms with Crippen LogP contribution in [-0.2, 0) is 20.9 Å². The minimum atomic E-state index is -0.665. The van der Waals surface area contributed by atoms with Gasteiger partial charge in [-0.1, -0.05) is 24.3 Å². The number of aryl methyl sites for hydroxylation is 1. The fraction of sp³-hybridized carbons (Fsp3) is 0.185. The van der Waals surface area contributed by atoms with E-state index < -0.39 is 17.9 Å². The third-order valence-corrected chi connectivity index (χ3v) is 5.60. The molecule has 1 fully saturated rings. The number of hydrogen-bond acceptors (Lipinski definition) is 8. The van der Waals surface area contributed by atoms with Gasteiger partial charge in [0.15, 0.2) is 18.1 Å². The zero-order chi connectivity index (χ0) is 27.2. The van der Waals surface area contributed by atoms with Crippen LogP contribution in [0.25, 0.3) is 6.08 Å². The Hall–Kier alpha value is -5.06. The number of methoxy groups -OCH3 is 2. The smallest absolute Gasteiger partial charge is 0.373 e. The van der Waals surface area contributed by atoms with Crippen molar-refractivity contribution in [2.75, 3.05) is 26.1 Å². The Labute approximate surface area is 218 Å². The van der Waals surface area contributed by atoms with Crippen LogP contribution in [0.3, 0.4) is 0 Å². The molecular weight excluding hydrogens is 494 g/mol. The molecular formula is C27H25N3O8. The molecule has 4 amide bonds. The molecule has 11 nitrogen and oxygen atoms in total. The summed E-state index contributed by atoms with van der Waals surface area (Å²) in [5.74, 6) is -0.695. The Kier molecular flexibility index (Phi) is 7.76. The standard InChI is InChI=1S/C27H25N3O8/c1-16-6-4-5-7-19(16)28-24(31)15-37-21-10-8-17(13-23(21)35-2)12-20-25(32)30(27(34)29-20)14-18-9-11-22(38-18)26(33)36-3/h4-13H,14-15H2,1-3H3,(H,28,31)(H,29,34)/b20-12-. The molecule has 0 bridgehead atoms. The van der Waals surface area contributed by atoms with E-state index in [0.717, 1.165) is 10.5 Å². The molecule has 0 atom stereocenters. The van der Waals surface area contributed by atoms with Crippen LogP contribution in [0.2, 0.25) is 0 Å². The summed E-state index contributed by atoms with van der Waals surface area (Å²) < 4.78 is 20.9. The summed E-state index contributed by atoms with van der Waals surface area (Å²) in [4.78, 5) is 50.1. The molecule has 0 radical (unpaired) electrons. The topological polar surface area (TPSA) is 136 Å². The van der Waals surface area contributed by atoms with Gasteiger partial charge in [-0.25, -0.2) is 9.59 Å². The minimum absolute atomic E-state index is 0.0348. The molecule has 11 heteroatoms. The van der Waals surface area contributed by atoms with Crippen LogP contribution in [0.15, 0.2) is 64.7 Å². The fourth-order valence-electron chi connectivity index (χ4n) is 3.65. The number of furan rings is 1. The van der Waals surface area contributed by atoms with Crippen LogP contribution in [0.4, 0.5) is 10.5 Å². The quantitative estimate of drug-likeness (QED) is 0.249. The SMILES string of the molecule is COC(=O)c1ccc(CN2C(=O)N/C(=C\c3ccc(OCC(=O)Nc4ccccc4C)c(OC)c3)C2=O)o1. The van der Waals surface area contributed by atoms with E-state index in [1.807, 2.05) is 25.1 Å². The van der Waals surface area contributed by atoms with E-state index in [4.69, 9.17) is 13.9 Å². The monoisotopic (exact) mass is 519 g/mol. The van der Waals surface area contributed by atoms with E-state index in [-0.39, 0.29) is 36.3 Å². The van der Waals surface area contributed by atoms with E-state index in [1.54, 1.807) is 24.3 Å². The molecule has 196 valence electrons. The van der Waals surface area contributed by atoms with Crippen molar-refractivity contribution in [2.24, 2.45) is 0 Å². The number of carbonyl (C=O) groups is 4. The number of hydrogen-bond donors (Lipinski definition) is 2. The second-order valence-corrected chi connectivity index (χ2v) is 8.20. The molecule has 2 N–H and O–H groups in total. The minimum Gasteiger partial charge on any atom is -0.493 e. The molecule has 0 spiro atoms. The third kappa shape index (κ3) is 5.84. The third-order valence-electron chi connectivity index (χ3n) is 5.60. The number of nitrogens with zero attached hydrogens (tertiary/aromatic N) is 1. The maximum absolute atomic E-state index is 12.8. The van der Waals surface area contributed by atoms with Gasteiger partial charge >= 0.3 is 12.0 Å². The van der Waals surface area contributed by atoms with E-state index in [0.29, 0.717) is 22.7 Å². The van der Waals surface area contributed by atoms with Crippen LogP contribution in [-0.4, -0.2) is 49.5 Å². The van der Waals surface area contributed by atoms with Crippen molar-refractivity contribution in [3.63, 3.8) is 0 Å². The van der Waals surface area contributed by atoms with E-state index in [1.165, 1.54) is 32.4 Å². The van der Waals surface area contributed by atoms with Crippen molar-refractivity contribution in [1.29, 1.82) is 0 Å². The van der Waals surface area contributed by atoms with Crippen LogP contribution in [0.1, 0.15) is 27.4 Å². The zero-order valence-corrected chi connectivity index (χ0v) is 20.9. The molecule has 1 aromatic heterocycles. The van der Waals surface area contributed by atoms with E-state index >= 15 is 0 Å². The Balaban J connectivity index is 1.41. The van der Waals surface area contributed by atoms with Gasteiger partial charge in [0.2, 0.25) is 5.76 Å². The highest BCUT2D eigenvalue weighted by atomic mass is 16.5. The lowest BCUT2D eigenvalue weighted by molar-refractivity contribution is -0.123. The highest BCUT2D eigenvalue weighted by Gasteiger charge is 2.34. The van der Waals surface area contributed by atoms with Crippen molar-refractivity contribution < 1.29 is 37.8 Å². The van der Waals surface area contributed by atoms with Gasteiger partial charge in [0.1, 0.15) is 11.5 Å². The number of para-hydroxylation sites is 1. The van der Waals surface area contributed by atoms with Gasteiger partial charge in [-0.15, -0.1) is 0 Å². The molecule has 38 heavy (non-hydrogen) atoms. The molecule has 3 aromatic rings. The number of carbonyl (C=O) groups excluding carboxylic acids is 4. The first kappa shape index (κ1) is 26.0. The average Bonchev–Trinajstić information content (AvgIpc) is 3.49. The van der Waals surface area contributed by atoms with Crippen LogP contribution in [0, 0.1) is 6.92 Å². The van der Waals surface area contributed by atoms with Crippen molar-refractivity contribution in [3.8, 4) is 11.5 Å². The highest BCUT2D eigenvalue weighted by Crippen LogP contribution is 2.29. The van der Waals surface area contributed by atoms with Crippen molar-refractivity contribution >= 4 is 35.6 Å². The maximum Gasteiger partial charge on any atom is 0.373 e. The summed E-state index contributed by atoms with van der Waals surface area (Å²) in [5, 5.41) is 5.31. The Morgan fingerprint density at radius 2 is 1.84 bits per heavy atom. The molecule has 0 saturated carbocycles. The predicted molar refractivity (Wildman–Crippen MR) is 135 cm³/mol. The molecule has 0 aliphatic carbocycles. The van der Waals surface area contributed by atoms with Gasteiger partial charge in [-0.2, -0.15) is 0 Å². The summed E-state index contributed by atoms with van der Waals surface area (Å²) in [6.45, 7) is 1.49. The summed E-state index contributed by atoms with van der Waals surface area (Å²) >= 11 is 0. The van der Waals surface area contributed by atoms with Crippen molar-refractivity contribution in [3.05, 3.63) is 82.9 Å². The van der Waals surface area contributed by atoms with E-state index in [9.17, 15) is 19.2 Å². The van der Waals surface area contributed by atoms with Crippen LogP contribution in [0.5, 0.6) is 11.5 Å². The van der Waals surface area contributed by atoms with Gasteiger partial charge in [-0.05, 0) is 54.5 Å². The van der Waals surface area contributed by atoms with Crippen LogP contribution < -0.4 is 20.1 Å². The molecule has 2 heterocycles. The lowest BCUT2D eigenvalue weighted by Crippen LogP contribution is -2.30. The molecule has 0 unspecified atom stereocenters. The Morgan fingerprint density at radius 3 is 2.58 bits per heavy atom. The Morgan fingerprint density at radius 1 is 1.05 bits per heavy atom. The number of anilines is 1. The molecule has 4 rings (SSSR count).